The van der Waals surface area contributed by atoms with Crippen LogP contribution in [0.25, 0.3) is 10.8 Å². The standard InChI is InChI=1S/C33H51N3O5/c1-8-9-10-15-22-36(24-25-19-20-26-16-11-12-17-27(26)23-25)29(37)28(35-31(39)41-33(5,6)7)18-13-14-21-34-30(38)40-32(2,3)4/h11-12,16-17,19-20,23,28H,8-10,13-15,18,21-22,24H2,1-7H3,(H,34,38)(H,35,39). The number of benzene rings is 2. The Morgan fingerprint density at radius 1 is 0.805 bits per heavy atom. The summed E-state index contributed by atoms with van der Waals surface area (Å²) >= 11 is 0. The molecule has 0 saturated heterocycles. The summed E-state index contributed by atoms with van der Waals surface area (Å²) in [6.45, 7) is 14.5. The molecule has 0 fully saturated rings. The first kappa shape index (κ1) is 33.9. The molecule has 0 aliphatic carbocycles. The van der Waals surface area contributed by atoms with Gasteiger partial charge >= 0.3 is 12.2 Å². The van der Waals surface area contributed by atoms with E-state index in [1.165, 1.54) is 0 Å². The second-order valence-corrected chi connectivity index (χ2v) is 12.6. The fourth-order valence-electron chi connectivity index (χ4n) is 4.46. The van der Waals surface area contributed by atoms with E-state index in [-0.39, 0.29) is 5.91 Å². The smallest absolute Gasteiger partial charge is 0.408 e. The third kappa shape index (κ3) is 13.8. The number of ether oxygens (including phenoxy) is 2. The summed E-state index contributed by atoms with van der Waals surface area (Å²) in [7, 11) is 0. The molecule has 2 rings (SSSR count). The van der Waals surface area contributed by atoms with Crippen molar-refractivity contribution in [1.82, 2.24) is 15.5 Å². The van der Waals surface area contributed by atoms with Gasteiger partial charge in [0.15, 0.2) is 0 Å². The van der Waals surface area contributed by atoms with E-state index in [0.29, 0.717) is 38.9 Å². The van der Waals surface area contributed by atoms with Crippen LogP contribution in [0, 0.1) is 0 Å². The molecule has 0 saturated carbocycles. The SMILES string of the molecule is CCCCCCN(Cc1ccc2ccccc2c1)C(=O)C(CCCCNC(=O)OC(C)(C)C)NC(=O)OC(C)(C)C. The maximum atomic E-state index is 14.0. The average Bonchev–Trinajstić information content (AvgIpc) is 2.87. The van der Waals surface area contributed by atoms with E-state index in [9.17, 15) is 14.4 Å². The van der Waals surface area contributed by atoms with Gasteiger partial charge in [-0.25, -0.2) is 9.59 Å². The highest BCUT2D eigenvalue weighted by atomic mass is 16.6. The highest BCUT2D eigenvalue weighted by molar-refractivity contribution is 5.86. The number of rotatable bonds is 14. The van der Waals surface area contributed by atoms with Crippen molar-refractivity contribution < 1.29 is 23.9 Å². The van der Waals surface area contributed by atoms with Crippen molar-refractivity contribution in [1.29, 1.82) is 0 Å². The summed E-state index contributed by atoms with van der Waals surface area (Å²) in [4.78, 5) is 40.5. The number of amides is 3. The van der Waals surface area contributed by atoms with Crippen molar-refractivity contribution in [3.8, 4) is 0 Å². The molecule has 8 heteroatoms. The zero-order valence-corrected chi connectivity index (χ0v) is 26.2. The molecular formula is C33H51N3O5. The van der Waals surface area contributed by atoms with Crippen LogP contribution < -0.4 is 10.6 Å². The van der Waals surface area contributed by atoms with Gasteiger partial charge in [-0.15, -0.1) is 0 Å². The molecule has 0 bridgehead atoms. The minimum absolute atomic E-state index is 0.124. The molecule has 3 amide bonds. The summed E-state index contributed by atoms with van der Waals surface area (Å²) < 4.78 is 10.8. The lowest BCUT2D eigenvalue weighted by Crippen LogP contribution is -2.49. The first-order valence-electron chi connectivity index (χ1n) is 15.0. The molecule has 0 aliphatic rings. The minimum Gasteiger partial charge on any atom is -0.444 e. The molecule has 0 radical (unpaired) electrons. The Morgan fingerprint density at radius 2 is 1.46 bits per heavy atom. The lowest BCUT2D eigenvalue weighted by atomic mass is 10.0. The molecule has 8 nitrogen and oxygen atoms in total. The third-order valence-electron chi connectivity index (χ3n) is 6.36. The van der Waals surface area contributed by atoms with Gasteiger partial charge in [-0.1, -0.05) is 62.6 Å². The minimum atomic E-state index is -0.738. The molecule has 0 heterocycles. The number of fused-ring (bicyclic) bond motifs is 1. The van der Waals surface area contributed by atoms with Crippen LogP contribution >= 0.6 is 0 Å². The van der Waals surface area contributed by atoms with Gasteiger partial charge in [0, 0.05) is 19.6 Å². The topological polar surface area (TPSA) is 97.0 Å². The van der Waals surface area contributed by atoms with Gasteiger partial charge in [-0.3, -0.25) is 4.79 Å². The van der Waals surface area contributed by atoms with E-state index in [4.69, 9.17) is 9.47 Å². The Labute approximate surface area is 246 Å². The number of hydrogen-bond acceptors (Lipinski definition) is 5. The second kappa shape index (κ2) is 16.2. The van der Waals surface area contributed by atoms with Crippen molar-refractivity contribution in [3.63, 3.8) is 0 Å². The van der Waals surface area contributed by atoms with Gasteiger partial charge < -0.3 is 25.0 Å². The van der Waals surface area contributed by atoms with Crippen molar-refractivity contribution in [3.05, 3.63) is 48.0 Å². The number of alkyl carbamates (subject to hydrolysis) is 2. The van der Waals surface area contributed by atoms with Crippen molar-refractivity contribution >= 4 is 28.9 Å². The van der Waals surface area contributed by atoms with Crippen LogP contribution in [0.3, 0.4) is 0 Å². The van der Waals surface area contributed by atoms with Gasteiger partial charge in [0.2, 0.25) is 5.91 Å². The molecule has 0 aromatic heterocycles. The number of carbonyl (C=O) groups excluding carboxylic acids is 3. The van der Waals surface area contributed by atoms with E-state index in [2.05, 4.69) is 47.9 Å². The zero-order valence-electron chi connectivity index (χ0n) is 26.2. The predicted octanol–water partition coefficient (Wildman–Crippen LogP) is 7.34. The maximum Gasteiger partial charge on any atom is 0.408 e. The molecule has 1 unspecified atom stereocenters. The Kier molecular flexibility index (Phi) is 13.4. The van der Waals surface area contributed by atoms with Crippen molar-refractivity contribution in [2.45, 2.75) is 117 Å². The number of nitrogens with one attached hydrogen (secondary N) is 2. The van der Waals surface area contributed by atoms with E-state index in [0.717, 1.165) is 42.0 Å². The Balaban J connectivity index is 2.14. The van der Waals surface area contributed by atoms with Gasteiger partial charge in [-0.2, -0.15) is 0 Å². The Morgan fingerprint density at radius 3 is 2.12 bits per heavy atom. The molecule has 1 atom stereocenters. The normalized spacial score (nSPS) is 12.5. The summed E-state index contributed by atoms with van der Waals surface area (Å²) in [6.07, 6.45) is 4.77. The Hall–Kier alpha value is -3.29. The lowest BCUT2D eigenvalue weighted by Gasteiger charge is -2.29. The van der Waals surface area contributed by atoms with Gasteiger partial charge in [0.1, 0.15) is 17.2 Å². The molecule has 228 valence electrons. The summed E-state index contributed by atoms with van der Waals surface area (Å²) in [6, 6.07) is 13.7. The van der Waals surface area contributed by atoms with Crippen molar-refractivity contribution in [2.75, 3.05) is 13.1 Å². The van der Waals surface area contributed by atoms with Crippen LogP contribution in [-0.2, 0) is 20.8 Å². The van der Waals surface area contributed by atoms with Crippen LogP contribution in [0.15, 0.2) is 42.5 Å². The highest BCUT2D eigenvalue weighted by Gasteiger charge is 2.28. The molecule has 0 spiro atoms. The quantitative estimate of drug-likeness (QED) is 0.232. The van der Waals surface area contributed by atoms with Crippen molar-refractivity contribution in [2.24, 2.45) is 0 Å². The lowest BCUT2D eigenvalue weighted by molar-refractivity contribution is -0.134. The molecule has 41 heavy (non-hydrogen) atoms. The summed E-state index contributed by atoms with van der Waals surface area (Å²) in [5.41, 5.74) is -0.199. The second-order valence-electron chi connectivity index (χ2n) is 12.6. The van der Waals surface area contributed by atoms with Gasteiger partial charge in [-0.05, 0) is 89.6 Å². The molecule has 2 N–H and O–H groups in total. The van der Waals surface area contributed by atoms with Crippen LogP contribution in [0.5, 0.6) is 0 Å². The first-order valence-corrected chi connectivity index (χ1v) is 15.0. The summed E-state index contributed by atoms with van der Waals surface area (Å²) in [5.74, 6) is -0.124. The molecule has 0 aliphatic heterocycles. The van der Waals surface area contributed by atoms with Crippen LogP contribution in [0.2, 0.25) is 0 Å². The van der Waals surface area contributed by atoms with Gasteiger partial charge in [0.05, 0.1) is 0 Å². The Bertz CT molecular complexity index is 1120. The number of unbranched alkanes of at least 4 members (excludes halogenated alkanes) is 4. The van der Waals surface area contributed by atoms with E-state index in [1.54, 1.807) is 20.8 Å². The number of hydrogen-bond donors (Lipinski definition) is 2. The monoisotopic (exact) mass is 569 g/mol. The number of nitrogens with zero attached hydrogens (tertiary/aromatic N) is 1. The molecular weight excluding hydrogens is 518 g/mol. The highest BCUT2D eigenvalue weighted by Crippen LogP contribution is 2.19. The maximum absolute atomic E-state index is 14.0. The fourth-order valence-corrected chi connectivity index (χ4v) is 4.46. The van der Waals surface area contributed by atoms with Gasteiger partial charge in [0.25, 0.3) is 0 Å². The fraction of sp³-hybridized carbons (Fsp3) is 0.606. The average molecular weight is 570 g/mol. The zero-order chi connectivity index (χ0) is 30.5. The number of carbonyl (C=O) groups is 3. The first-order chi connectivity index (χ1) is 19.3. The largest absolute Gasteiger partial charge is 0.444 e. The third-order valence-corrected chi connectivity index (χ3v) is 6.36. The molecule has 2 aromatic carbocycles. The van der Waals surface area contributed by atoms with E-state index >= 15 is 0 Å². The predicted molar refractivity (Wildman–Crippen MR) is 165 cm³/mol. The van der Waals surface area contributed by atoms with Crippen LogP contribution in [0.4, 0.5) is 9.59 Å². The van der Waals surface area contributed by atoms with Crippen LogP contribution in [-0.4, -0.2) is 53.3 Å². The molecule has 2 aromatic rings. The van der Waals surface area contributed by atoms with E-state index in [1.807, 2.05) is 37.8 Å². The van der Waals surface area contributed by atoms with Crippen LogP contribution in [0.1, 0.15) is 99.0 Å². The summed E-state index contributed by atoms with van der Waals surface area (Å²) in [5, 5.41) is 7.88. The van der Waals surface area contributed by atoms with E-state index < -0.39 is 29.4 Å².